The number of carbonyl (C=O) groups excluding carboxylic acids is 1. The molecule has 0 aliphatic carbocycles. The van der Waals surface area contributed by atoms with Gasteiger partial charge in [-0.15, -0.1) is 0 Å². The van der Waals surface area contributed by atoms with Gasteiger partial charge in [0, 0.05) is 31.0 Å². The van der Waals surface area contributed by atoms with Crippen molar-refractivity contribution < 1.29 is 23.0 Å². The molecular weight excluding hydrogens is 424 g/mol. The molecule has 0 saturated heterocycles. The highest BCUT2D eigenvalue weighted by Gasteiger charge is 2.36. The van der Waals surface area contributed by atoms with Crippen molar-refractivity contribution in [3.63, 3.8) is 0 Å². The van der Waals surface area contributed by atoms with Crippen molar-refractivity contribution in [3.8, 4) is 11.5 Å². The van der Waals surface area contributed by atoms with Gasteiger partial charge in [0.2, 0.25) is 0 Å². The Morgan fingerprint density at radius 2 is 1.81 bits per heavy atom. The fraction of sp³-hybridized carbons (Fsp3) is 0.273. The number of halogens is 2. The second kappa shape index (κ2) is 9.30. The molecule has 0 aromatic heterocycles. The lowest BCUT2D eigenvalue weighted by molar-refractivity contribution is -0.125. The Morgan fingerprint density at radius 3 is 2.39 bits per heavy atom. The number of likely N-dealkylation sites (N-methyl/N-ethyl adjacent to an activating group) is 1. The summed E-state index contributed by atoms with van der Waals surface area (Å²) in [4.78, 5) is 16.3. The molecule has 0 saturated carbocycles. The van der Waals surface area contributed by atoms with Gasteiger partial charge < -0.3 is 19.7 Å². The summed E-state index contributed by atoms with van der Waals surface area (Å²) in [6, 6.07) is 12.8. The third-order valence-electron chi connectivity index (χ3n) is 4.90. The summed E-state index contributed by atoms with van der Waals surface area (Å²) in [5.41, 5.74) is 2.09. The van der Waals surface area contributed by atoms with Gasteiger partial charge in [-0.3, -0.25) is 9.69 Å². The normalized spacial score (nSPS) is 16.3. The highest BCUT2D eigenvalue weighted by molar-refractivity contribution is 7.80. The fourth-order valence-electron chi connectivity index (χ4n) is 3.46. The van der Waals surface area contributed by atoms with Crippen molar-refractivity contribution in [1.82, 2.24) is 10.2 Å². The first-order valence-corrected chi connectivity index (χ1v) is 9.86. The number of nitrogens with zero attached hydrogens (tertiary/aromatic N) is 2. The number of alkyl halides is 2. The van der Waals surface area contributed by atoms with Crippen LogP contribution in [0.15, 0.2) is 59.8 Å². The number of carbonyl (C=O) groups is 1. The molecule has 6 nitrogen and oxygen atoms in total. The van der Waals surface area contributed by atoms with Gasteiger partial charge in [0.25, 0.3) is 5.91 Å². The molecule has 1 aliphatic rings. The third-order valence-corrected chi connectivity index (χ3v) is 5.20. The number of allylic oxidation sites excluding steroid dienone is 1. The van der Waals surface area contributed by atoms with Crippen molar-refractivity contribution in [2.45, 2.75) is 19.6 Å². The molecule has 164 valence electrons. The predicted molar refractivity (Wildman–Crippen MR) is 118 cm³/mol. The third kappa shape index (κ3) is 4.61. The van der Waals surface area contributed by atoms with Crippen LogP contribution in [0.2, 0.25) is 0 Å². The number of anilines is 1. The first-order valence-electron chi connectivity index (χ1n) is 9.45. The fourth-order valence-corrected chi connectivity index (χ4v) is 3.82. The summed E-state index contributed by atoms with van der Waals surface area (Å²) >= 11 is 5.60. The lowest BCUT2D eigenvalue weighted by Crippen LogP contribution is -2.49. The quantitative estimate of drug-likeness (QED) is 0.673. The summed E-state index contributed by atoms with van der Waals surface area (Å²) in [6.07, 6.45) is 0. The highest BCUT2D eigenvalue weighted by Crippen LogP contribution is 2.38. The number of nitrogens with one attached hydrogen (secondary N) is 1. The van der Waals surface area contributed by atoms with Crippen LogP contribution in [0.1, 0.15) is 18.5 Å². The largest absolute Gasteiger partial charge is 0.497 e. The number of benzene rings is 2. The molecule has 31 heavy (non-hydrogen) atoms. The Labute approximate surface area is 185 Å². The van der Waals surface area contributed by atoms with Crippen LogP contribution in [0.25, 0.3) is 0 Å². The average molecular weight is 448 g/mol. The predicted octanol–water partition coefficient (Wildman–Crippen LogP) is 4.09. The van der Waals surface area contributed by atoms with Gasteiger partial charge in [0.15, 0.2) is 5.11 Å². The minimum Gasteiger partial charge on any atom is -0.497 e. The van der Waals surface area contributed by atoms with Crippen LogP contribution in [0.5, 0.6) is 11.5 Å². The zero-order chi connectivity index (χ0) is 22.7. The number of thiocarbonyl (C=S) groups is 1. The molecule has 0 spiro atoms. The zero-order valence-corrected chi connectivity index (χ0v) is 18.4. The smallest absolute Gasteiger partial charge is 0.387 e. The van der Waals surface area contributed by atoms with Crippen LogP contribution in [0.3, 0.4) is 0 Å². The molecule has 1 N–H and O–H groups in total. The van der Waals surface area contributed by atoms with Crippen LogP contribution in [-0.2, 0) is 4.79 Å². The SMILES string of the molecule is COc1ccc(N2C(=S)NC(c3ccccc3OC(F)F)C(C(=O)N(C)C)=C2C)cc1. The minimum atomic E-state index is -2.99. The minimum absolute atomic E-state index is 0.0208. The maximum Gasteiger partial charge on any atom is 0.387 e. The van der Waals surface area contributed by atoms with Gasteiger partial charge in [0.05, 0.1) is 18.7 Å². The Morgan fingerprint density at radius 1 is 1.16 bits per heavy atom. The van der Waals surface area contributed by atoms with Crippen molar-refractivity contribution in [2.24, 2.45) is 0 Å². The van der Waals surface area contributed by atoms with E-state index in [0.29, 0.717) is 27.7 Å². The number of ether oxygens (including phenoxy) is 2. The zero-order valence-electron chi connectivity index (χ0n) is 17.6. The van der Waals surface area contributed by atoms with E-state index in [1.165, 1.54) is 11.0 Å². The molecule has 1 unspecified atom stereocenters. The van der Waals surface area contributed by atoms with Crippen LogP contribution in [0, 0.1) is 0 Å². The lowest BCUT2D eigenvalue weighted by Gasteiger charge is -2.39. The van der Waals surface area contributed by atoms with Gasteiger partial charge in [-0.05, 0) is 49.5 Å². The Hall–Kier alpha value is -3.20. The maximum absolute atomic E-state index is 13.2. The van der Waals surface area contributed by atoms with Crippen LogP contribution in [0.4, 0.5) is 14.5 Å². The van der Waals surface area contributed by atoms with Crippen LogP contribution < -0.4 is 19.7 Å². The molecule has 0 radical (unpaired) electrons. The van der Waals surface area contributed by atoms with E-state index in [1.807, 2.05) is 12.1 Å². The number of methoxy groups -OCH3 is 1. The van der Waals surface area contributed by atoms with Gasteiger partial charge in [-0.1, -0.05) is 18.2 Å². The molecular formula is C22H23F2N3O3S. The average Bonchev–Trinajstić information content (AvgIpc) is 2.73. The number of rotatable bonds is 6. The van der Waals surface area contributed by atoms with E-state index in [4.69, 9.17) is 21.7 Å². The van der Waals surface area contributed by atoms with Gasteiger partial charge in [0.1, 0.15) is 11.5 Å². The maximum atomic E-state index is 13.2. The summed E-state index contributed by atoms with van der Waals surface area (Å²) in [5.74, 6) is 0.386. The molecule has 0 bridgehead atoms. The van der Waals surface area contributed by atoms with Crippen molar-refractivity contribution >= 4 is 28.9 Å². The van der Waals surface area contributed by atoms with E-state index < -0.39 is 12.7 Å². The standard InChI is InChI=1S/C22H23F2N3O3S/c1-13-18(20(28)26(2)3)19(16-7-5-6-8-17(16)30-21(23)24)25-22(31)27(13)14-9-11-15(29-4)12-10-14/h5-12,19,21H,1-4H3,(H,25,31). The topological polar surface area (TPSA) is 54.0 Å². The number of hydrogen-bond donors (Lipinski definition) is 1. The Kier molecular flexibility index (Phi) is 6.74. The van der Waals surface area contributed by atoms with Crippen molar-refractivity contribution in [3.05, 3.63) is 65.4 Å². The molecule has 1 aliphatic heterocycles. The highest BCUT2D eigenvalue weighted by atomic mass is 32.1. The van der Waals surface area contributed by atoms with Gasteiger partial charge in [-0.25, -0.2) is 0 Å². The summed E-state index contributed by atoms with van der Waals surface area (Å²) in [5, 5.41) is 3.46. The van der Waals surface area contributed by atoms with Gasteiger partial charge in [-0.2, -0.15) is 8.78 Å². The monoisotopic (exact) mass is 447 g/mol. The van der Waals surface area contributed by atoms with E-state index in [2.05, 4.69) is 5.32 Å². The summed E-state index contributed by atoms with van der Waals surface area (Å²) in [7, 11) is 4.84. The molecule has 0 fully saturated rings. The van der Waals surface area contributed by atoms with Crippen molar-refractivity contribution in [1.29, 1.82) is 0 Å². The first-order chi connectivity index (χ1) is 14.7. The summed E-state index contributed by atoms with van der Waals surface area (Å²) < 4.78 is 35.9. The molecule has 2 aromatic carbocycles. The van der Waals surface area contributed by atoms with E-state index >= 15 is 0 Å². The Bertz CT molecular complexity index is 1010. The van der Waals surface area contributed by atoms with E-state index in [0.717, 1.165) is 5.69 Å². The molecule has 1 heterocycles. The molecule has 2 aromatic rings. The van der Waals surface area contributed by atoms with Gasteiger partial charge >= 0.3 is 6.61 Å². The molecule has 1 atom stereocenters. The summed E-state index contributed by atoms with van der Waals surface area (Å²) in [6.45, 7) is -1.22. The van der Waals surface area contributed by atoms with E-state index in [-0.39, 0.29) is 11.7 Å². The van der Waals surface area contributed by atoms with E-state index in [9.17, 15) is 13.6 Å². The number of amides is 1. The number of hydrogen-bond acceptors (Lipinski definition) is 4. The molecule has 3 rings (SSSR count). The van der Waals surface area contributed by atoms with Crippen LogP contribution in [-0.4, -0.2) is 43.7 Å². The second-order valence-corrected chi connectivity index (χ2v) is 7.42. The number of para-hydroxylation sites is 1. The second-order valence-electron chi connectivity index (χ2n) is 7.03. The molecule has 1 amide bonds. The van der Waals surface area contributed by atoms with Crippen molar-refractivity contribution in [2.75, 3.05) is 26.1 Å². The van der Waals surface area contributed by atoms with E-state index in [1.54, 1.807) is 63.4 Å². The van der Waals surface area contributed by atoms with Crippen LogP contribution >= 0.6 is 12.2 Å². The lowest BCUT2D eigenvalue weighted by atomic mass is 9.93. The Balaban J connectivity index is 2.15. The molecule has 9 heteroatoms. The first kappa shape index (κ1) is 22.5.